The summed E-state index contributed by atoms with van der Waals surface area (Å²) in [4.78, 5) is 2.27. The molecule has 0 aromatic heterocycles. The largest absolute Gasteiger partial charge is 0.366 e. The summed E-state index contributed by atoms with van der Waals surface area (Å²) in [6, 6.07) is 5.90. The van der Waals surface area contributed by atoms with Gasteiger partial charge in [-0.05, 0) is 31.4 Å². The fourth-order valence-electron chi connectivity index (χ4n) is 2.98. The third-order valence-electron chi connectivity index (χ3n) is 3.86. The van der Waals surface area contributed by atoms with Crippen LogP contribution in [0.3, 0.4) is 0 Å². The van der Waals surface area contributed by atoms with Crippen LogP contribution in [-0.2, 0) is 5.33 Å². The summed E-state index contributed by atoms with van der Waals surface area (Å²) in [6.07, 6.45) is 6.28. The van der Waals surface area contributed by atoms with E-state index in [0.717, 1.165) is 17.8 Å². The molecule has 0 N–H and O–H groups in total. The summed E-state index contributed by atoms with van der Waals surface area (Å²) in [6.45, 7) is 3.00. The number of benzene rings is 1. The summed E-state index contributed by atoms with van der Waals surface area (Å²) in [7, 11) is 0. The fourth-order valence-corrected chi connectivity index (χ4v) is 3.43. The maximum absolute atomic E-state index is 14.2. The molecule has 1 aliphatic rings. The lowest BCUT2D eigenvalue weighted by atomic mass is 9.93. The second kappa shape index (κ2) is 6.55. The van der Waals surface area contributed by atoms with E-state index in [0.29, 0.717) is 11.4 Å². The quantitative estimate of drug-likeness (QED) is 0.716. The maximum atomic E-state index is 14.2. The third kappa shape index (κ3) is 2.87. The number of alkyl halides is 1. The standard InChI is InChI=1S/C15H21BrFN/c1-2-18(13-8-4-3-5-9-13)15-12(11-16)7-6-10-14(15)17/h6-7,10,13H,2-5,8-9,11H2,1H3. The molecule has 0 aliphatic heterocycles. The van der Waals surface area contributed by atoms with Gasteiger partial charge in [0.15, 0.2) is 0 Å². The minimum Gasteiger partial charge on any atom is -0.366 e. The zero-order valence-electron chi connectivity index (χ0n) is 11.0. The molecule has 1 saturated carbocycles. The van der Waals surface area contributed by atoms with Crippen LogP contribution in [0.1, 0.15) is 44.6 Å². The number of anilines is 1. The van der Waals surface area contributed by atoms with Gasteiger partial charge in [0.05, 0.1) is 5.69 Å². The fraction of sp³-hybridized carbons (Fsp3) is 0.600. The van der Waals surface area contributed by atoms with Gasteiger partial charge >= 0.3 is 0 Å². The first kappa shape index (κ1) is 13.9. The van der Waals surface area contributed by atoms with Crippen molar-refractivity contribution in [2.24, 2.45) is 0 Å². The van der Waals surface area contributed by atoms with Crippen molar-refractivity contribution >= 4 is 21.6 Å². The van der Waals surface area contributed by atoms with Crippen LogP contribution in [0.25, 0.3) is 0 Å². The molecular weight excluding hydrogens is 293 g/mol. The van der Waals surface area contributed by atoms with E-state index in [9.17, 15) is 4.39 Å². The van der Waals surface area contributed by atoms with Crippen LogP contribution in [-0.4, -0.2) is 12.6 Å². The molecule has 2 rings (SSSR count). The minimum atomic E-state index is -0.0839. The van der Waals surface area contributed by atoms with Gasteiger partial charge in [-0.2, -0.15) is 0 Å². The number of rotatable bonds is 4. The summed E-state index contributed by atoms with van der Waals surface area (Å²) in [5.74, 6) is -0.0839. The van der Waals surface area contributed by atoms with Crippen molar-refractivity contribution in [2.75, 3.05) is 11.4 Å². The number of hydrogen-bond acceptors (Lipinski definition) is 1. The van der Waals surface area contributed by atoms with Crippen molar-refractivity contribution in [1.82, 2.24) is 0 Å². The summed E-state index contributed by atoms with van der Waals surface area (Å²) >= 11 is 3.47. The van der Waals surface area contributed by atoms with Crippen LogP contribution in [0.4, 0.5) is 10.1 Å². The number of halogens is 2. The second-order valence-corrected chi connectivity index (χ2v) is 5.52. The lowest BCUT2D eigenvalue weighted by Crippen LogP contribution is -2.37. The topological polar surface area (TPSA) is 3.24 Å². The first-order valence-electron chi connectivity index (χ1n) is 6.88. The molecule has 1 nitrogen and oxygen atoms in total. The Morgan fingerprint density at radius 1 is 1.28 bits per heavy atom. The summed E-state index contributed by atoms with van der Waals surface area (Å²) < 4.78 is 14.2. The van der Waals surface area contributed by atoms with Crippen molar-refractivity contribution in [3.63, 3.8) is 0 Å². The lowest BCUT2D eigenvalue weighted by Gasteiger charge is -2.36. The highest BCUT2D eigenvalue weighted by Crippen LogP contribution is 2.32. The Morgan fingerprint density at radius 3 is 2.61 bits per heavy atom. The Hall–Kier alpha value is -0.570. The molecule has 1 aromatic carbocycles. The molecule has 0 bridgehead atoms. The van der Waals surface area contributed by atoms with E-state index in [1.54, 1.807) is 12.1 Å². The molecule has 0 radical (unpaired) electrons. The van der Waals surface area contributed by atoms with E-state index >= 15 is 0 Å². The molecule has 1 fully saturated rings. The van der Waals surface area contributed by atoms with E-state index in [4.69, 9.17) is 0 Å². The van der Waals surface area contributed by atoms with Crippen LogP contribution in [0.2, 0.25) is 0 Å². The second-order valence-electron chi connectivity index (χ2n) is 4.96. The van der Waals surface area contributed by atoms with Gasteiger partial charge in [-0.25, -0.2) is 4.39 Å². The van der Waals surface area contributed by atoms with Gasteiger partial charge in [-0.15, -0.1) is 0 Å². The molecule has 100 valence electrons. The van der Waals surface area contributed by atoms with E-state index in [1.807, 2.05) is 6.07 Å². The van der Waals surface area contributed by atoms with Gasteiger partial charge in [-0.1, -0.05) is 47.3 Å². The van der Waals surface area contributed by atoms with Crippen molar-refractivity contribution < 1.29 is 4.39 Å². The molecular formula is C15H21BrFN. The Bertz CT molecular complexity index is 388. The van der Waals surface area contributed by atoms with E-state index in [2.05, 4.69) is 27.8 Å². The molecule has 18 heavy (non-hydrogen) atoms. The smallest absolute Gasteiger partial charge is 0.146 e. The Balaban J connectivity index is 2.31. The number of nitrogens with zero attached hydrogens (tertiary/aromatic N) is 1. The molecule has 0 spiro atoms. The Kier molecular flexibility index (Phi) is 5.04. The lowest BCUT2D eigenvalue weighted by molar-refractivity contribution is 0.414. The normalized spacial score (nSPS) is 16.8. The van der Waals surface area contributed by atoms with Gasteiger partial charge in [0.1, 0.15) is 5.82 Å². The zero-order chi connectivity index (χ0) is 13.0. The average molecular weight is 314 g/mol. The van der Waals surface area contributed by atoms with Crippen molar-refractivity contribution in [1.29, 1.82) is 0 Å². The molecule has 0 unspecified atom stereocenters. The number of hydrogen-bond donors (Lipinski definition) is 0. The molecule has 0 heterocycles. The Labute approximate surface area is 118 Å². The minimum absolute atomic E-state index is 0.0839. The third-order valence-corrected chi connectivity index (χ3v) is 4.46. The van der Waals surface area contributed by atoms with Crippen LogP contribution in [0.5, 0.6) is 0 Å². The molecule has 1 aromatic rings. The monoisotopic (exact) mass is 313 g/mol. The first-order chi connectivity index (χ1) is 8.77. The SMILES string of the molecule is CCN(c1c(F)cccc1CBr)C1CCCCC1. The van der Waals surface area contributed by atoms with Crippen molar-refractivity contribution in [3.8, 4) is 0 Å². The van der Waals surface area contributed by atoms with Gasteiger partial charge < -0.3 is 4.90 Å². The predicted molar refractivity (Wildman–Crippen MR) is 78.9 cm³/mol. The average Bonchev–Trinajstić information content (AvgIpc) is 2.42. The van der Waals surface area contributed by atoms with E-state index < -0.39 is 0 Å². The Morgan fingerprint density at radius 2 is 2.00 bits per heavy atom. The molecule has 0 saturated heterocycles. The van der Waals surface area contributed by atoms with E-state index in [1.165, 1.54) is 32.1 Å². The first-order valence-corrected chi connectivity index (χ1v) is 8.00. The highest BCUT2D eigenvalue weighted by atomic mass is 79.9. The van der Waals surface area contributed by atoms with Gasteiger partial charge in [0, 0.05) is 17.9 Å². The molecule has 0 atom stereocenters. The zero-order valence-corrected chi connectivity index (χ0v) is 12.5. The predicted octanol–water partition coefficient (Wildman–Crippen LogP) is 4.88. The van der Waals surface area contributed by atoms with Gasteiger partial charge in [-0.3, -0.25) is 0 Å². The highest BCUT2D eigenvalue weighted by molar-refractivity contribution is 9.08. The summed E-state index contributed by atoms with van der Waals surface area (Å²) in [5.41, 5.74) is 1.87. The van der Waals surface area contributed by atoms with Crippen LogP contribution >= 0.6 is 15.9 Å². The van der Waals surface area contributed by atoms with Gasteiger partial charge in [0.2, 0.25) is 0 Å². The maximum Gasteiger partial charge on any atom is 0.146 e. The molecule has 3 heteroatoms. The molecule has 0 amide bonds. The van der Waals surface area contributed by atoms with Gasteiger partial charge in [0.25, 0.3) is 0 Å². The summed E-state index contributed by atoms with van der Waals surface area (Å²) in [5, 5.41) is 0.712. The highest BCUT2D eigenvalue weighted by Gasteiger charge is 2.24. The van der Waals surface area contributed by atoms with E-state index in [-0.39, 0.29) is 5.82 Å². The number of para-hydroxylation sites is 1. The van der Waals surface area contributed by atoms with Crippen molar-refractivity contribution in [2.45, 2.75) is 50.4 Å². The van der Waals surface area contributed by atoms with Crippen LogP contribution < -0.4 is 4.90 Å². The van der Waals surface area contributed by atoms with Crippen LogP contribution in [0, 0.1) is 5.82 Å². The van der Waals surface area contributed by atoms with Crippen molar-refractivity contribution in [3.05, 3.63) is 29.6 Å². The van der Waals surface area contributed by atoms with Crippen LogP contribution in [0.15, 0.2) is 18.2 Å². The molecule has 1 aliphatic carbocycles.